The third-order valence-electron chi connectivity index (χ3n) is 7.11. The maximum absolute atomic E-state index is 13.0. The van der Waals surface area contributed by atoms with Crippen LogP contribution in [0.3, 0.4) is 0 Å². The molecule has 5 aliphatic rings. The van der Waals surface area contributed by atoms with Gasteiger partial charge in [-0.05, 0) is 43.1 Å². The van der Waals surface area contributed by atoms with E-state index in [2.05, 4.69) is 34.8 Å². The van der Waals surface area contributed by atoms with Crippen LogP contribution in [-0.4, -0.2) is 27.6 Å². The molecule has 6 atom stereocenters. The molecule has 1 aromatic heterocycles. The van der Waals surface area contributed by atoms with Crippen molar-refractivity contribution in [2.24, 2.45) is 40.6 Å². The molecule has 3 fully saturated rings. The van der Waals surface area contributed by atoms with Crippen molar-refractivity contribution in [3.63, 3.8) is 0 Å². The topological polar surface area (TPSA) is 54.7 Å². The van der Waals surface area contributed by atoms with E-state index in [-0.39, 0.29) is 35.5 Å². The fourth-order valence-electron chi connectivity index (χ4n) is 5.81. The second-order valence-corrected chi connectivity index (χ2v) is 8.28. The first-order valence-electron chi connectivity index (χ1n) is 9.87. The minimum Gasteiger partial charge on any atom is -0.347 e. The van der Waals surface area contributed by atoms with E-state index in [9.17, 15) is 9.59 Å². The van der Waals surface area contributed by atoms with Gasteiger partial charge < -0.3 is 4.57 Å². The molecule has 2 saturated carbocycles. The molecule has 0 unspecified atom stereocenters. The van der Waals surface area contributed by atoms with Crippen LogP contribution in [0.5, 0.6) is 0 Å². The molecule has 1 saturated heterocycles. The van der Waals surface area contributed by atoms with Crippen molar-refractivity contribution >= 4 is 28.9 Å². The van der Waals surface area contributed by atoms with Gasteiger partial charge in [-0.2, -0.15) is 10.1 Å². The highest BCUT2D eigenvalue weighted by Crippen LogP contribution is 2.65. The Bertz CT molecular complexity index is 1010. The van der Waals surface area contributed by atoms with Gasteiger partial charge in [-0.25, -0.2) is 0 Å². The summed E-state index contributed by atoms with van der Waals surface area (Å²) >= 11 is 0. The van der Waals surface area contributed by atoms with Crippen molar-refractivity contribution < 1.29 is 9.59 Å². The van der Waals surface area contributed by atoms with E-state index < -0.39 is 0 Å². The highest BCUT2D eigenvalue weighted by atomic mass is 16.2. The molecule has 1 aromatic carbocycles. The summed E-state index contributed by atoms with van der Waals surface area (Å²) < 4.78 is 2.15. The number of hydrogen-bond acceptors (Lipinski definition) is 3. The van der Waals surface area contributed by atoms with Gasteiger partial charge in [0.25, 0.3) is 11.8 Å². The Morgan fingerprint density at radius 3 is 2.41 bits per heavy atom. The summed E-state index contributed by atoms with van der Waals surface area (Å²) in [6, 6.07) is 8.14. The zero-order valence-electron chi connectivity index (χ0n) is 15.2. The summed E-state index contributed by atoms with van der Waals surface area (Å²) in [5.41, 5.74) is 2.07. The molecule has 0 spiro atoms. The van der Waals surface area contributed by atoms with Crippen LogP contribution in [0.25, 0.3) is 10.9 Å². The molecule has 2 heterocycles. The van der Waals surface area contributed by atoms with Gasteiger partial charge >= 0.3 is 0 Å². The monoisotopic (exact) mass is 359 g/mol. The standard InChI is InChI=1S/C22H21N3O2/c1-2-24-11-12(13-5-3-4-6-18(13)24)10-23-25-21(26)19-14-7-8-15(17-9-16(14)17)20(19)22(25)27/h3-8,10-11,14-17,19-20H,2,9H2,1H3/b23-10-/t14-,15-,16-,17+,19-,20+/m0/s1. The molecule has 1 aliphatic heterocycles. The van der Waals surface area contributed by atoms with Gasteiger partial charge in [0.1, 0.15) is 0 Å². The summed E-state index contributed by atoms with van der Waals surface area (Å²) in [7, 11) is 0. The number of carbonyl (C=O) groups is 2. The Kier molecular flexibility index (Phi) is 2.95. The van der Waals surface area contributed by atoms with Crippen LogP contribution in [0.15, 0.2) is 47.7 Å². The average Bonchev–Trinajstić information content (AvgIpc) is 3.40. The predicted molar refractivity (Wildman–Crippen MR) is 102 cm³/mol. The summed E-state index contributed by atoms with van der Waals surface area (Å²) in [6.45, 7) is 2.96. The Morgan fingerprint density at radius 1 is 1.07 bits per heavy atom. The number of carbonyl (C=O) groups excluding carboxylic acids is 2. The number of rotatable bonds is 3. The summed E-state index contributed by atoms with van der Waals surface area (Å²) in [6.07, 6.45) is 9.26. The molecule has 4 aliphatic carbocycles. The number of allylic oxidation sites excluding steroid dienone is 2. The van der Waals surface area contributed by atoms with E-state index >= 15 is 0 Å². The molecule has 136 valence electrons. The van der Waals surface area contributed by atoms with Gasteiger partial charge in [0.15, 0.2) is 0 Å². The number of fused-ring (bicyclic) bond motifs is 1. The normalized spacial score (nSPS) is 36.1. The lowest BCUT2D eigenvalue weighted by molar-refractivity contribution is -0.140. The van der Waals surface area contributed by atoms with Crippen LogP contribution in [-0.2, 0) is 16.1 Å². The number of para-hydroxylation sites is 1. The molecule has 0 radical (unpaired) electrons. The molecule has 7 rings (SSSR count). The lowest BCUT2D eigenvalue weighted by Gasteiger charge is -2.37. The SMILES string of the molecule is CCn1cc(/C=N\N2C(=O)[C@@H]3[C@H]4C=C[C@@H]([C@@H]5C[C@H]45)[C@@H]3C2=O)c2ccccc21. The largest absolute Gasteiger partial charge is 0.347 e. The number of hydrogen-bond donors (Lipinski definition) is 0. The Labute approximate surface area is 157 Å². The highest BCUT2D eigenvalue weighted by Gasteiger charge is 2.67. The van der Waals surface area contributed by atoms with E-state index in [1.807, 2.05) is 24.4 Å². The van der Waals surface area contributed by atoms with Gasteiger partial charge in [0.2, 0.25) is 0 Å². The third-order valence-corrected chi connectivity index (χ3v) is 7.11. The molecule has 2 aromatic rings. The molecule has 2 amide bonds. The third kappa shape index (κ3) is 1.92. The zero-order valence-corrected chi connectivity index (χ0v) is 15.2. The van der Waals surface area contributed by atoms with Crippen molar-refractivity contribution in [1.29, 1.82) is 0 Å². The fraction of sp³-hybridized carbons (Fsp3) is 0.409. The number of aryl methyl sites for hydroxylation is 1. The smallest absolute Gasteiger partial charge is 0.254 e. The minimum absolute atomic E-state index is 0.106. The lowest BCUT2D eigenvalue weighted by atomic mass is 9.63. The van der Waals surface area contributed by atoms with Crippen LogP contribution < -0.4 is 0 Å². The van der Waals surface area contributed by atoms with Crippen molar-refractivity contribution in [1.82, 2.24) is 9.58 Å². The average molecular weight is 359 g/mol. The molecule has 0 N–H and O–H groups in total. The lowest BCUT2D eigenvalue weighted by Crippen LogP contribution is -2.40. The van der Waals surface area contributed by atoms with Crippen molar-refractivity contribution in [3.05, 3.63) is 48.2 Å². The van der Waals surface area contributed by atoms with Gasteiger partial charge in [-0.15, -0.1) is 0 Å². The Hall–Kier alpha value is -2.69. The number of amides is 2. The maximum Gasteiger partial charge on any atom is 0.254 e. The zero-order chi connectivity index (χ0) is 18.3. The molecule has 5 heteroatoms. The minimum atomic E-state index is -0.189. The van der Waals surface area contributed by atoms with Gasteiger partial charge in [0, 0.05) is 29.2 Å². The molecule has 27 heavy (non-hydrogen) atoms. The second kappa shape index (κ2) is 5.18. The molecular weight excluding hydrogens is 338 g/mol. The molecule has 2 bridgehead atoms. The quantitative estimate of drug-likeness (QED) is 0.480. The van der Waals surface area contributed by atoms with Crippen LogP contribution in [0.4, 0.5) is 0 Å². The first-order chi connectivity index (χ1) is 13.2. The van der Waals surface area contributed by atoms with Crippen LogP contribution in [0.1, 0.15) is 18.9 Å². The summed E-state index contributed by atoms with van der Waals surface area (Å²) in [5, 5.41) is 6.63. The first-order valence-corrected chi connectivity index (χ1v) is 9.87. The maximum atomic E-state index is 13.0. The van der Waals surface area contributed by atoms with Crippen LogP contribution in [0.2, 0.25) is 0 Å². The number of benzene rings is 1. The Balaban J connectivity index is 1.35. The first kappa shape index (κ1) is 15.4. The fourth-order valence-corrected chi connectivity index (χ4v) is 5.81. The van der Waals surface area contributed by atoms with E-state index in [0.29, 0.717) is 11.8 Å². The van der Waals surface area contributed by atoms with Crippen molar-refractivity contribution in [2.45, 2.75) is 19.9 Å². The van der Waals surface area contributed by atoms with Gasteiger partial charge in [-0.3, -0.25) is 9.59 Å². The highest BCUT2D eigenvalue weighted by molar-refractivity contribution is 6.07. The van der Waals surface area contributed by atoms with E-state index in [1.54, 1.807) is 6.21 Å². The van der Waals surface area contributed by atoms with Crippen LogP contribution in [0, 0.1) is 35.5 Å². The van der Waals surface area contributed by atoms with E-state index in [0.717, 1.165) is 28.0 Å². The number of hydrazone groups is 1. The van der Waals surface area contributed by atoms with Gasteiger partial charge in [-0.1, -0.05) is 30.4 Å². The molecular formula is C22H21N3O2. The molecule has 5 nitrogen and oxygen atoms in total. The summed E-state index contributed by atoms with van der Waals surface area (Å²) in [4.78, 5) is 26.0. The summed E-state index contributed by atoms with van der Waals surface area (Å²) in [5.74, 6) is 1.12. The number of imide groups is 1. The van der Waals surface area contributed by atoms with Crippen molar-refractivity contribution in [3.8, 4) is 0 Å². The van der Waals surface area contributed by atoms with Crippen LogP contribution >= 0.6 is 0 Å². The second-order valence-electron chi connectivity index (χ2n) is 8.28. The number of nitrogens with zero attached hydrogens (tertiary/aromatic N) is 3. The van der Waals surface area contributed by atoms with Crippen molar-refractivity contribution in [2.75, 3.05) is 0 Å². The van der Waals surface area contributed by atoms with Gasteiger partial charge in [0.05, 0.1) is 18.1 Å². The van der Waals surface area contributed by atoms with E-state index in [4.69, 9.17) is 0 Å². The predicted octanol–water partition coefficient (Wildman–Crippen LogP) is 3.05. The number of aromatic nitrogens is 1. The Morgan fingerprint density at radius 2 is 1.74 bits per heavy atom. The van der Waals surface area contributed by atoms with E-state index in [1.165, 1.54) is 6.42 Å².